The van der Waals surface area contributed by atoms with Crippen molar-refractivity contribution in [3.63, 3.8) is 0 Å². The van der Waals surface area contributed by atoms with E-state index in [1.165, 1.54) is 12.1 Å². The van der Waals surface area contributed by atoms with Gasteiger partial charge in [-0.15, -0.1) is 0 Å². The third-order valence-electron chi connectivity index (χ3n) is 2.93. The molecule has 0 fully saturated rings. The molecule has 0 aliphatic carbocycles. The van der Waals surface area contributed by atoms with Gasteiger partial charge in [0.05, 0.1) is 15.1 Å². The molecule has 1 atom stereocenters. The van der Waals surface area contributed by atoms with Crippen molar-refractivity contribution < 1.29 is 9.53 Å². The van der Waals surface area contributed by atoms with Gasteiger partial charge in [0.25, 0.3) is 5.91 Å². The summed E-state index contributed by atoms with van der Waals surface area (Å²) >= 11 is 17.8. The molecule has 1 amide bonds. The Morgan fingerprint density at radius 3 is 2.45 bits per heavy atom. The van der Waals surface area contributed by atoms with Crippen LogP contribution in [0.2, 0.25) is 15.1 Å². The Balaban J connectivity index is 2.07. The summed E-state index contributed by atoms with van der Waals surface area (Å²) in [7, 11) is 0. The van der Waals surface area contributed by atoms with Crippen LogP contribution in [0.3, 0.4) is 0 Å². The quantitative estimate of drug-likeness (QED) is 0.747. The van der Waals surface area contributed by atoms with Gasteiger partial charge in [-0.2, -0.15) is 0 Å². The normalized spacial score (nSPS) is 11.9. The standard InChI is InChI=1S/C16H14Cl3NO2/c1-9-4-3-5-11(6-9)20-16(21)10(2)22-15-8-13(18)12(17)7-14(15)19/h3-8,10H,1-2H3,(H,20,21)/t10-/m0/s1. The highest BCUT2D eigenvalue weighted by molar-refractivity contribution is 6.43. The van der Waals surface area contributed by atoms with E-state index in [0.29, 0.717) is 26.5 Å². The average Bonchev–Trinajstić information content (AvgIpc) is 2.44. The van der Waals surface area contributed by atoms with Crippen molar-refractivity contribution in [1.82, 2.24) is 0 Å². The van der Waals surface area contributed by atoms with E-state index in [2.05, 4.69) is 5.32 Å². The summed E-state index contributed by atoms with van der Waals surface area (Å²) in [6.07, 6.45) is -0.741. The lowest BCUT2D eigenvalue weighted by Crippen LogP contribution is -2.30. The highest BCUT2D eigenvalue weighted by Gasteiger charge is 2.17. The SMILES string of the molecule is Cc1cccc(NC(=O)[C@H](C)Oc2cc(Cl)c(Cl)cc2Cl)c1. The number of hydrogen-bond donors (Lipinski definition) is 1. The molecule has 116 valence electrons. The fourth-order valence-corrected chi connectivity index (χ4v) is 2.39. The highest BCUT2D eigenvalue weighted by Crippen LogP contribution is 2.34. The minimum Gasteiger partial charge on any atom is -0.479 e. The van der Waals surface area contributed by atoms with Crippen molar-refractivity contribution in [3.8, 4) is 5.75 Å². The second kappa shape index (κ2) is 7.23. The third-order valence-corrected chi connectivity index (χ3v) is 3.95. The Kier molecular flexibility index (Phi) is 5.57. The van der Waals surface area contributed by atoms with E-state index in [4.69, 9.17) is 39.5 Å². The molecule has 2 aromatic rings. The van der Waals surface area contributed by atoms with Crippen LogP contribution in [0.25, 0.3) is 0 Å². The molecule has 1 N–H and O–H groups in total. The zero-order chi connectivity index (χ0) is 16.3. The van der Waals surface area contributed by atoms with Crippen molar-refractivity contribution in [2.24, 2.45) is 0 Å². The predicted octanol–water partition coefficient (Wildman–Crippen LogP) is 5.36. The topological polar surface area (TPSA) is 38.3 Å². The number of carbonyl (C=O) groups excluding carboxylic acids is 1. The largest absolute Gasteiger partial charge is 0.479 e. The van der Waals surface area contributed by atoms with E-state index in [1.807, 2.05) is 31.2 Å². The van der Waals surface area contributed by atoms with Crippen molar-refractivity contribution >= 4 is 46.4 Å². The average molecular weight is 359 g/mol. The van der Waals surface area contributed by atoms with Gasteiger partial charge in [-0.3, -0.25) is 4.79 Å². The van der Waals surface area contributed by atoms with Gasteiger partial charge in [-0.1, -0.05) is 46.9 Å². The fourth-order valence-electron chi connectivity index (χ4n) is 1.81. The fraction of sp³-hybridized carbons (Fsp3) is 0.188. The number of amides is 1. The van der Waals surface area contributed by atoms with Crippen LogP contribution in [-0.2, 0) is 4.79 Å². The molecule has 3 nitrogen and oxygen atoms in total. The molecular formula is C16H14Cl3NO2. The summed E-state index contributed by atoms with van der Waals surface area (Å²) in [5.41, 5.74) is 1.76. The van der Waals surface area contributed by atoms with E-state index in [1.54, 1.807) is 6.92 Å². The number of benzene rings is 2. The molecule has 0 bridgehead atoms. The molecule has 0 spiro atoms. The number of nitrogens with one attached hydrogen (secondary N) is 1. The molecule has 0 radical (unpaired) electrons. The number of carbonyl (C=O) groups is 1. The van der Waals surface area contributed by atoms with Crippen molar-refractivity contribution in [2.75, 3.05) is 5.32 Å². The van der Waals surface area contributed by atoms with Gasteiger partial charge in [-0.25, -0.2) is 0 Å². The lowest BCUT2D eigenvalue weighted by molar-refractivity contribution is -0.122. The Morgan fingerprint density at radius 2 is 1.77 bits per heavy atom. The van der Waals surface area contributed by atoms with Crippen LogP contribution in [0.5, 0.6) is 5.75 Å². The maximum atomic E-state index is 12.2. The molecule has 0 aliphatic rings. The molecule has 0 unspecified atom stereocenters. The second-order valence-electron chi connectivity index (χ2n) is 4.82. The van der Waals surface area contributed by atoms with Gasteiger partial charge in [0.15, 0.2) is 6.10 Å². The lowest BCUT2D eigenvalue weighted by atomic mass is 10.2. The molecule has 2 rings (SSSR count). The molecule has 6 heteroatoms. The first-order valence-corrected chi connectivity index (χ1v) is 7.69. The van der Waals surface area contributed by atoms with Gasteiger partial charge < -0.3 is 10.1 Å². The predicted molar refractivity (Wildman–Crippen MR) is 91.4 cm³/mol. The Labute approximate surface area is 144 Å². The number of halogens is 3. The molecule has 0 saturated carbocycles. The van der Waals surface area contributed by atoms with E-state index in [9.17, 15) is 4.79 Å². The van der Waals surface area contributed by atoms with Gasteiger partial charge in [0, 0.05) is 11.8 Å². The number of rotatable bonds is 4. The summed E-state index contributed by atoms with van der Waals surface area (Å²) in [4.78, 5) is 12.2. The van der Waals surface area contributed by atoms with Crippen molar-refractivity contribution in [3.05, 3.63) is 57.0 Å². The van der Waals surface area contributed by atoms with Crippen LogP contribution in [0.4, 0.5) is 5.69 Å². The maximum Gasteiger partial charge on any atom is 0.265 e. The summed E-state index contributed by atoms with van der Waals surface area (Å²) in [6.45, 7) is 3.58. The van der Waals surface area contributed by atoms with Crippen LogP contribution in [0, 0.1) is 6.92 Å². The van der Waals surface area contributed by atoms with Gasteiger partial charge in [0.2, 0.25) is 0 Å². The van der Waals surface area contributed by atoms with E-state index < -0.39 is 6.10 Å². The van der Waals surface area contributed by atoms with E-state index in [0.717, 1.165) is 5.56 Å². The van der Waals surface area contributed by atoms with E-state index in [-0.39, 0.29) is 5.91 Å². The van der Waals surface area contributed by atoms with Gasteiger partial charge >= 0.3 is 0 Å². The lowest BCUT2D eigenvalue weighted by Gasteiger charge is -2.16. The molecule has 0 aliphatic heterocycles. The molecule has 2 aromatic carbocycles. The zero-order valence-electron chi connectivity index (χ0n) is 12.0. The van der Waals surface area contributed by atoms with Gasteiger partial charge in [0.1, 0.15) is 5.75 Å². The number of hydrogen-bond acceptors (Lipinski definition) is 2. The van der Waals surface area contributed by atoms with Crippen LogP contribution < -0.4 is 10.1 Å². The first-order valence-electron chi connectivity index (χ1n) is 6.55. The first-order chi connectivity index (χ1) is 10.4. The Morgan fingerprint density at radius 1 is 1.09 bits per heavy atom. The van der Waals surface area contributed by atoms with Crippen LogP contribution in [0.15, 0.2) is 36.4 Å². The van der Waals surface area contributed by atoms with E-state index >= 15 is 0 Å². The second-order valence-corrected chi connectivity index (χ2v) is 6.04. The number of aryl methyl sites for hydroxylation is 1. The first kappa shape index (κ1) is 16.9. The monoisotopic (exact) mass is 357 g/mol. The highest BCUT2D eigenvalue weighted by atomic mass is 35.5. The zero-order valence-corrected chi connectivity index (χ0v) is 14.3. The Bertz CT molecular complexity index is 704. The molecule has 0 aromatic heterocycles. The smallest absolute Gasteiger partial charge is 0.265 e. The summed E-state index contributed by atoms with van der Waals surface area (Å²) in [5.74, 6) is 0.0238. The van der Waals surface area contributed by atoms with Crippen molar-refractivity contribution in [1.29, 1.82) is 0 Å². The van der Waals surface area contributed by atoms with Gasteiger partial charge in [-0.05, 0) is 37.6 Å². The number of ether oxygens (including phenoxy) is 1. The number of anilines is 1. The Hall–Kier alpha value is -1.42. The van der Waals surface area contributed by atoms with Crippen LogP contribution >= 0.6 is 34.8 Å². The van der Waals surface area contributed by atoms with Crippen LogP contribution in [0.1, 0.15) is 12.5 Å². The molecule has 0 saturated heterocycles. The summed E-state index contributed by atoms with van der Waals surface area (Å²) in [6, 6.07) is 10.5. The van der Waals surface area contributed by atoms with Crippen molar-refractivity contribution in [2.45, 2.75) is 20.0 Å². The maximum absolute atomic E-state index is 12.2. The third kappa shape index (κ3) is 4.29. The van der Waals surface area contributed by atoms with Crippen LogP contribution in [-0.4, -0.2) is 12.0 Å². The molecule has 22 heavy (non-hydrogen) atoms. The minimum atomic E-state index is -0.741. The minimum absolute atomic E-state index is 0.285. The molecule has 0 heterocycles. The summed E-state index contributed by atoms with van der Waals surface area (Å²) in [5, 5.41) is 3.72. The molecular weight excluding hydrogens is 345 g/mol. The summed E-state index contributed by atoms with van der Waals surface area (Å²) < 4.78 is 5.56.